The van der Waals surface area contributed by atoms with E-state index in [2.05, 4.69) is 167 Å². The second kappa shape index (κ2) is 19.6. The van der Waals surface area contributed by atoms with Gasteiger partial charge in [-0.25, -0.2) is 9.97 Å². The lowest BCUT2D eigenvalue weighted by Gasteiger charge is -2.23. The molecule has 404 valence electrons. The smallest absolute Gasteiger partial charge is 0.173 e. The summed E-state index contributed by atoms with van der Waals surface area (Å²) in [4.78, 5) is 10.7. The van der Waals surface area contributed by atoms with E-state index in [0.717, 1.165) is 119 Å². The van der Waals surface area contributed by atoms with Crippen LogP contribution >= 0.6 is 14.3 Å². The molecule has 14 aromatic carbocycles. The Morgan fingerprint density at radius 1 is 0.256 bits per heavy atom. The Morgan fingerprint density at radius 3 is 1.24 bits per heavy atom. The molecule has 0 aliphatic heterocycles. The zero-order valence-electron chi connectivity index (χ0n) is 46.4. The quantitative estimate of drug-likeness (QED) is 0.0945. The van der Waals surface area contributed by atoms with Gasteiger partial charge in [0.05, 0.1) is 27.6 Å². The first-order chi connectivity index (χ1) is 42.4. The van der Waals surface area contributed by atoms with Crippen molar-refractivity contribution in [2.24, 2.45) is 0 Å². The van der Waals surface area contributed by atoms with Crippen LogP contribution in [0.4, 0.5) is 0 Å². The predicted octanol–water partition coefficient (Wildman–Crippen LogP) is 17.5. The van der Waals surface area contributed by atoms with Gasteiger partial charge in [0.15, 0.2) is 14.3 Å². The molecule has 0 N–H and O–H groups in total. The molecule has 4 aromatic heterocycles. The lowest BCUT2D eigenvalue weighted by molar-refractivity contribution is 0.592. The first-order valence-corrected chi connectivity index (χ1v) is 32.4. The summed E-state index contributed by atoms with van der Waals surface area (Å²) in [6.45, 7) is 0. The molecule has 18 aromatic rings. The minimum atomic E-state index is -3.28. The molecule has 8 heteroatoms. The van der Waals surface area contributed by atoms with E-state index in [-0.39, 0.29) is 0 Å². The van der Waals surface area contributed by atoms with Gasteiger partial charge in [-0.15, -0.1) is 0 Å². The van der Waals surface area contributed by atoms with Crippen molar-refractivity contribution in [3.63, 3.8) is 0 Å². The molecule has 18 rings (SSSR count). The Balaban J connectivity index is 0.000000134. The van der Waals surface area contributed by atoms with Crippen molar-refractivity contribution in [1.29, 1.82) is 0 Å². The van der Waals surface area contributed by atoms with E-state index in [1.54, 1.807) is 0 Å². The second-order valence-corrected chi connectivity index (χ2v) is 27.7. The predicted molar refractivity (Wildman–Crippen MR) is 364 cm³/mol. The fraction of sp³-hybridized carbons (Fsp3) is 0. The standard InChI is InChI=1S/2C39H25N2OP/c42-43(29-15-3-1-4-16-29,30-17-5-2-6-18-30)36-21-11-20-34-38(36)40-39-37-31-19-10-9-12-26(31)22-23-32(37)33-24-27-13-7-8-14-28(27)25-35(33)41(34)39;42-43(29-15-3-1-4-16-29,30-17-5-2-6-18-30)36-21-11-14-26-22-23-31-32-24-27-12-7-8-13-28(27)25-35(32)41-34-20-10-9-19-33(34)40-39(41)38(31)37(26)36/h2*1-25H. The van der Waals surface area contributed by atoms with Crippen LogP contribution < -0.4 is 31.8 Å². The number of fused-ring (bicyclic) bond motifs is 22. The van der Waals surface area contributed by atoms with Crippen LogP contribution in [0, 0.1) is 0 Å². The summed E-state index contributed by atoms with van der Waals surface area (Å²) in [5.74, 6) is 0. The van der Waals surface area contributed by atoms with Crippen molar-refractivity contribution in [2.45, 2.75) is 0 Å². The van der Waals surface area contributed by atoms with Crippen LogP contribution in [0.2, 0.25) is 0 Å². The highest BCUT2D eigenvalue weighted by molar-refractivity contribution is 7.86. The molecule has 0 unspecified atom stereocenters. The lowest BCUT2D eigenvalue weighted by Crippen LogP contribution is -2.25. The summed E-state index contributed by atoms with van der Waals surface area (Å²) in [6, 6.07) is 104. The molecular formula is C78H50N4O2P2. The largest absolute Gasteiger partial charge is 0.309 e. The molecule has 6 nitrogen and oxygen atoms in total. The van der Waals surface area contributed by atoms with Crippen molar-refractivity contribution >= 4 is 166 Å². The maximum absolute atomic E-state index is 15.8. The van der Waals surface area contributed by atoms with Gasteiger partial charge in [-0.2, -0.15) is 0 Å². The number of aromatic nitrogens is 4. The average Bonchev–Trinajstić information content (AvgIpc) is 1.48. The number of benzene rings is 14. The number of hydrogen-bond acceptors (Lipinski definition) is 4. The molecule has 0 fully saturated rings. The molecule has 0 spiro atoms. The van der Waals surface area contributed by atoms with Gasteiger partial charge >= 0.3 is 0 Å². The zero-order chi connectivity index (χ0) is 57.1. The Labute approximate surface area is 494 Å². The topological polar surface area (TPSA) is 68.7 Å². The third-order valence-corrected chi connectivity index (χ3v) is 23.8. The fourth-order valence-corrected chi connectivity index (χ4v) is 19.4. The molecule has 0 saturated carbocycles. The summed E-state index contributed by atoms with van der Waals surface area (Å²) in [5.41, 5.74) is 7.68. The Kier molecular flexibility index (Phi) is 11.4. The first kappa shape index (κ1) is 50.1. The van der Waals surface area contributed by atoms with Crippen molar-refractivity contribution < 1.29 is 9.13 Å². The highest BCUT2D eigenvalue weighted by Gasteiger charge is 2.35. The van der Waals surface area contributed by atoms with Crippen molar-refractivity contribution in [1.82, 2.24) is 18.8 Å². The van der Waals surface area contributed by atoms with Crippen molar-refractivity contribution in [2.75, 3.05) is 0 Å². The highest BCUT2D eigenvalue weighted by atomic mass is 31.2. The number of hydrogen-bond donors (Lipinski definition) is 0. The molecule has 4 heterocycles. The zero-order valence-corrected chi connectivity index (χ0v) is 48.2. The molecule has 0 radical (unpaired) electrons. The summed E-state index contributed by atoms with van der Waals surface area (Å²) >= 11 is 0. The fourth-order valence-electron chi connectivity index (χ4n) is 13.7. The average molecular weight is 1140 g/mol. The van der Waals surface area contributed by atoms with E-state index in [1.165, 1.54) is 32.3 Å². The summed E-state index contributed by atoms with van der Waals surface area (Å²) < 4.78 is 36.0. The molecule has 0 atom stereocenters. The van der Waals surface area contributed by atoms with Gasteiger partial charge in [0, 0.05) is 58.8 Å². The van der Waals surface area contributed by atoms with Crippen LogP contribution in [-0.2, 0) is 9.13 Å². The van der Waals surface area contributed by atoms with Gasteiger partial charge in [0.1, 0.15) is 16.8 Å². The molecule has 0 aliphatic carbocycles. The van der Waals surface area contributed by atoms with Crippen molar-refractivity contribution in [3.05, 3.63) is 303 Å². The second-order valence-electron chi connectivity index (χ2n) is 22.2. The van der Waals surface area contributed by atoms with Gasteiger partial charge in [-0.1, -0.05) is 255 Å². The maximum Gasteiger partial charge on any atom is 0.173 e. The lowest BCUT2D eigenvalue weighted by atomic mass is 9.97. The Hall–Kier alpha value is -10.5. The van der Waals surface area contributed by atoms with E-state index >= 15 is 9.13 Å². The molecule has 0 bridgehead atoms. The van der Waals surface area contributed by atoms with E-state index in [1.807, 2.05) is 146 Å². The number of imidazole rings is 2. The van der Waals surface area contributed by atoms with Gasteiger partial charge in [0.25, 0.3) is 0 Å². The molecule has 0 amide bonds. The third-order valence-electron chi connectivity index (χ3n) is 17.6. The van der Waals surface area contributed by atoms with Gasteiger partial charge in [-0.3, -0.25) is 8.80 Å². The van der Waals surface area contributed by atoms with Gasteiger partial charge in [0.2, 0.25) is 0 Å². The van der Waals surface area contributed by atoms with Gasteiger partial charge in [-0.05, 0) is 97.0 Å². The van der Waals surface area contributed by atoms with E-state index in [0.29, 0.717) is 0 Å². The van der Waals surface area contributed by atoms with E-state index in [4.69, 9.17) is 9.97 Å². The Morgan fingerprint density at radius 2 is 0.663 bits per heavy atom. The van der Waals surface area contributed by atoms with Crippen LogP contribution in [-0.4, -0.2) is 18.8 Å². The number of nitrogens with zero attached hydrogens (tertiary/aromatic N) is 4. The van der Waals surface area contributed by atoms with Crippen molar-refractivity contribution in [3.8, 4) is 0 Å². The van der Waals surface area contributed by atoms with Crippen LogP contribution in [0.3, 0.4) is 0 Å². The molecule has 0 saturated heterocycles. The number of rotatable bonds is 6. The summed E-state index contributed by atoms with van der Waals surface area (Å²) in [7, 11) is -6.54. The Bertz CT molecular complexity index is 5820. The van der Waals surface area contributed by atoms with E-state index in [9.17, 15) is 0 Å². The molecular weight excluding hydrogens is 1090 g/mol. The van der Waals surface area contributed by atoms with Gasteiger partial charge < -0.3 is 9.13 Å². The van der Waals surface area contributed by atoms with Crippen LogP contribution in [0.15, 0.2) is 303 Å². The molecule has 0 aliphatic rings. The third kappa shape index (κ3) is 7.47. The SMILES string of the molecule is O=P(c1ccccc1)(c1ccccc1)c1cccc2c1nc1c3c4ccccc4ccc3c3cc4ccccc4cc3n21.O=P(c1ccccc1)(c1ccccc1)c1cccc2ccc3c4cc5ccccc5cc4n4c5ccccc5nc4c3c12. The monoisotopic (exact) mass is 1140 g/mol. The van der Waals surface area contributed by atoms with Crippen LogP contribution in [0.5, 0.6) is 0 Å². The first-order valence-electron chi connectivity index (χ1n) is 29.0. The molecule has 86 heavy (non-hydrogen) atoms. The number of para-hydroxylation sites is 3. The number of pyridine rings is 2. The minimum Gasteiger partial charge on any atom is -0.309 e. The highest BCUT2D eigenvalue weighted by Crippen LogP contribution is 2.49. The minimum absolute atomic E-state index is 0.758. The van der Waals surface area contributed by atoms with Crippen LogP contribution in [0.1, 0.15) is 0 Å². The summed E-state index contributed by atoms with van der Waals surface area (Å²) in [6.07, 6.45) is 0. The van der Waals surface area contributed by atoms with E-state index < -0.39 is 14.3 Å². The normalized spacial score (nSPS) is 12.3. The summed E-state index contributed by atoms with van der Waals surface area (Å²) in [5, 5.41) is 20.7. The maximum atomic E-state index is 15.8. The van der Waals surface area contributed by atoms with Crippen LogP contribution in [0.25, 0.3) is 120 Å².